The molecule has 1 amide bonds. The fraction of sp³-hybridized carbons (Fsp3) is 0.667. The Bertz CT molecular complexity index is 447. The van der Waals surface area contributed by atoms with E-state index in [2.05, 4.69) is 50.5 Å². The summed E-state index contributed by atoms with van der Waals surface area (Å²) in [7, 11) is 0. The Labute approximate surface area is 119 Å². The van der Waals surface area contributed by atoms with Gasteiger partial charge in [-0.05, 0) is 44.9 Å². The highest BCUT2D eigenvalue weighted by Gasteiger charge is 2.44. The lowest BCUT2D eigenvalue weighted by atomic mass is 9.75. The van der Waals surface area contributed by atoms with Crippen LogP contribution in [0.5, 0.6) is 0 Å². The molecule has 2 atom stereocenters. The van der Waals surface area contributed by atoms with E-state index in [1.165, 1.54) is 9.75 Å². The Kier molecular flexibility index (Phi) is 4.31. The predicted molar refractivity (Wildman–Crippen MR) is 80.4 cm³/mol. The highest BCUT2D eigenvalue weighted by atomic mass is 32.1. The van der Waals surface area contributed by atoms with Gasteiger partial charge in [0.2, 0.25) is 5.91 Å². The van der Waals surface area contributed by atoms with Crippen molar-refractivity contribution in [3.8, 4) is 0 Å². The van der Waals surface area contributed by atoms with Crippen molar-refractivity contribution in [3.05, 3.63) is 21.9 Å². The zero-order valence-corrected chi connectivity index (χ0v) is 13.1. The van der Waals surface area contributed by atoms with Crippen LogP contribution in [-0.2, 0) is 4.79 Å². The van der Waals surface area contributed by atoms with E-state index in [0.29, 0.717) is 5.92 Å². The third kappa shape index (κ3) is 2.84. The topological polar surface area (TPSA) is 41.1 Å². The molecule has 0 radical (unpaired) electrons. The maximum Gasteiger partial charge on any atom is 0.228 e. The zero-order valence-electron chi connectivity index (χ0n) is 12.2. The number of hydrogen-bond acceptors (Lipinski definition) is 3. The first kappa shape index (κ1) is 14.5. The molecule has 1 aliphatic heterocycles. The summed E-state index contributed by atoms with van der Waals surface area (Å²) in [5.74, 6) is 0.561. The normalized spacial score (nSPS) is 24.7. The molecule has 1 fully saturated rings. The van der Waals surface area contributed by atoms with Gasteiger partial charge in [0.15, 0.2) is 0 Å². The second-order valence-electron chi connectivity index (χ2n) is 5.88. The summed E-state index contributed by atoms with van der Waals surface area (Å²) in [6, 6.07) is 4.32. The minimum atomic E-state index is -0.236. The summed E-state index contributed by atoms with van der Waals surface area (Å²) < 4.78 is 0. The number of rotatable bonds is 4. The molecule has 0 saturated carbocycles. The van der Waals surface area contributed by atoms with Crippen LogP contribution in [-0.4, -0.2) is 19.0 Å². The molecule has 0 bridgehead atoms. The smallest absolute Gasteiger partial charge is 0.228 e. The van der Waals surface area contributed by atoms with Gasteiger partial charge in [-0.15, -0.1) is 11.3 Å². The second-order valence-corrected chi connectivity index (χ2v) is 7.20. The second kappa shape index (κ2) is 5.63. The van der Waals surface area contributed by atoms with Crippen LogP contribution >= 0.6 is 11.3 Å². The summed E-state index contributed by atoms with van der Waals surface area (Å²) in [5.41, 5.74) is -0.236. The van der Waals surface area contributed by atoms with E-state index in [0.717, 1.165) is 19.5 Å². The fourth-order valence-corrected chi connectivity index (χ4v) is 3.64. The van der Waals surface area contributed by atoms with Gasteiger partial charge in [-0.2, -0.15) is 0 Å². The molecule has 2 rings (SSSR count). The summed E-state index contributed by atoms with van der Waals surface area (Å²) in [4.78, 5) is 15.2. The van der Waals surface area contributed by atoms with Crippen molar-refractivity contribution in [1.82, 2.24) is 10.6 Å². The minimum Gasteiger partial charge on any atom is -0.348 e. The van der Waals surface area contributed by atoms with E-state index < -0.39 is 0 Å². The van der Waals surface area contributed by atoms with Gasteiger partial charge in [-0.1, -0.05) is 13.8 Å². The molecule has 1 saturated heterocycles. The molecule has 2 heterocycles. The van der Waals surface area contributed by atoms with Crippen LogP contribution in [0.15, 0.2) is 12.1 Å². The quantitative estimate of drug-likeness (QED) is 0.890. The first-order valence-corrected chi connectivity index (χ1v) is 7.85. The van der Waals surface area contributed by atoms with Gasteiger partial charge in [-0.25, -0.2) is 0 Å². The number of aryl methyl sites for hydroxylation is 1. The fourth-order valence-electron chi connectivity index (χ4n) is 2.76. The highest BCUT2D eigenvalue weighted by molar-refractivity contribution is 7.12. The average molecular weight is 280 g/mol. The van der Waals surface area contributed by atoms with Crippen LogP contribution in [0, 0.1) is 18.3 Å². The minimum absolute atomic E-state index is 0.0995. The molecule has 2 N–H and O–H groups in total. The van der Waals surface area contributed by atoms with Crippen LogP contribution in [0.4, 0.5) is 0 Å². The van der Waals surface area contributed by atoms with Crippen molar-refractivity contribution in [2.75, 3.05) is 13.1 Å². The lowest BCUT2D eigenvalue weighted by Gasteiger charge is -2.32. The van der Waals surface area contributed by atoms with Crippen molar-refractivity contribution < 1.29 is 4.79 Å². The number of amides is 1. The molecule has 0 aliphatic carbocycles. The SMILES string of the molecule is Cc1ccc(C(C)NC(=O)C2(C(C)C)CCNC2)s1. The van der Waals surface area contributed by atoms with Gasteiger partial charge in [0, 0.05) is 16.3 Å². The molecule has 4 heteroatoms. The number of hydrogen-bond donors (Lipinski definition) is 2. The van der Waals surface area contributed by atoms with Crippen LogP contribution in [0.1, 0.15) is 43.0 Å². The Morgan fingerprint density at radius 2 is 2.16 bits per heavy atom. The van der Waals surface area contributed by atoms with Crippen LogP contribution in [0.3, 0.4) is 0 Å². The van der Waals surface area contributed by atoms with Crippen LogP contribution in [0.2, 0.25) is 0 Å². The van der Waals surface area contributed by atoms with E-state index >= 15 is 0 Å². The molecule has 1 aromatic rings. The van der Waals surface area contributed by atoms with Gasteiger partial charge in [0.05, 0.1) is 11.5 Å². The number of thiophene rings is 1. The van der Waals surface area contributed by atoms with Gasteiger partial charge < -0.3 is 10.6 Å². The zero-order chi connectivity index (χ0) is 14.0. The molecular formula is C15H24N2OS. The van der Waals surface area contributed by atoms with Crippen molar-refractivity contribution >= 4 is 17.2 Å². The van der Waals surface area contributed by atoms with E-state index in [9.17, 15) is 4.79 Å². The van der Waals surface area contributed by atoms with Crippen molar-refractivity contribution in [1.29, 1.82) is 0 Å². The van der Waals surface area contributed by atoms with Crippen molar-refractivity contribution in [3.63, 3.8) is 0 Å². The van der Waals surface area contributed by atoms with Gasteiger partial charge >= 0.3 is 0 Å². The van der Waals surface area contributed by atoms with E-state index in [1.54, 1.807) is 11.3 Å². The van der Waals surface area contributed by atoms with Crippen LogP contribution in [0.25, 0.3) is 0 Å². The van der Waals surface area contributed by atoms with E-state index in [1.807, 2.05) is 0 Å². The summed E-state index contributed by atoms with van der Waals surface area (Å²) in [6.07, 6.45) is 0.937. The molecule has 106 valence electrons. The van der Waals surface area contributed by atoms with Gasteiger partial charge in [0.1, 0.15) is 0 Å². The number of nitrogens with one attached hydrogen (secondary N) is 2. The van der Waals surface area contributed by atoms with E-state index in [-0.39, 0.29) is 17.4 Å². The average Bonchev–Trinajstić information content (AvgIpc) is 2.97. The third-order valence-electron chi connectivity index (χ3n) is 4.28. The summed E-state index contributed by atoms with van der Waals surface area (Å²) in [5, 5.41) is 6.54. The maximum atomic E-state index is 12.7. The highest BCUT2D eigenvalue weighted by Crippen LogP contribution is 2.35. The Balaban J connectivity index is 2.07. The third-order valence-corrected chi connectivity index (χ3v) is 5.46. The molecule has 2 unspecified atom stereocenters. The van der Waals surface area contributed by atoms with Gasteiger partial charge in [0.25, 0.3) is 0 Å². The first-order chi connectivity index (χ1) is 8.95. The first-order valence-electron chi connectivity index (χ1n) is 7.04. The largest absolute Gasteiger partial charge is 0.348 e. The Morgan fingerprint density at radius 3 is 2.63 bits per heavy atom. The van der Waals surface area contributed by atoms with E-state index in [4.69, 9.17) is 0 Å². The summed E-state index contributed by atoms with van der Waals surface area (Å²) in [6.45, 7) is 10.2. The Hall–Kier alpha value is -0.870. The summed E-state index contributed by atoms with van der Waals surface area (Å²) >= 11 is 1.76. The lowest BCUT2D eigenvalue weighted by molar-refractivity contribution is -0.133. The van der Waals surface area contributed by atoms with Crippen LogP contribution < -0.4 is 10.6 Å². The molecule has 3 nitrogen and oxygen atoms in total. The predicted octanol–water partition coefficient (Wildman–Crippen LogP) is 2.87. The maximum absolute atomic E-state index is 12.7. The van der Waals surface area contributed by atoms with Crippen molar-refractivity contribution in [2.45, 2.75) is 40.2 Å². The molecule has 0 aromatic carbocycles. The standard InChI is InChI=1S/C15H24N2OS/c1-10(2)15(7-8-16-9-15)14(18)17-12(4)13-6-5-11(3)19-13/h5-6,10,12,16H,7-9H2,1-4H3,(H,17,18). The number of carbonyl (C=O) groups excluding carboxylic acids is 1. The molecule has 1 aromatic heterocycles. The monoisotopic (exact) mass is 280 g/mol. The lowest BCUT2D eigenvalue weighted by Crippen LogP contribution is -2.46. The molecule has 1 aliphatic rings. The van der Waals surface area contributed by atoms with Gasteiger partial charge in [-0.3, -0.25) is 4.79 Å². The Morgan fingerprint density at radius 1 is 1.42 bits per heavy atom. The molecular weight excluding hydrogens is 256 g/mol. The molecule has 0 spiro atoms. The number of carbonyl (C=O) groups is 1. The molecule has 19 heavy (non-hydrogen) atoms. The van der Waals surface area contributed by atoms with Crippen molar-refractivity contribution in [2.24, 2.45) is 11.3 Å².